The molecule has 0 bridgehead atoms. The number of rotatable bonds is 8. The Morgan fingerprint density at radius 2 is 1.60 bits per heavy atom. The summed E-state index contributed by atoms with van der Waals surface area (Å²) >= 11 is 0. The molecule has 0 aromatic heterocycles. The number of nitro benzene ring substituents is 1. The van der Waals surface area contributed by atoms with Gasteiger partial charge in [-0.25, -0.2) is 0 Å². The molecule has 0 N–H and O–H groups in total. The van der Waals surface area contributed by atoms with Gasteiger partial charge in [-0.15, -0.1) is 0 Å². The molecule has 1 aliphatic heterocycles. The molecule has 8 nitrogen and oxygen atoms in total. The molecule has 178 valence electrons. The fraction of sp³-hybridized carbons (Fsp3) is 0.222. The zero-order chi connectivity index (χ0) is 24.9. The Morgan fingerprint density at radius 3 is 2.17 bits per heavy atom. The first-order valence-electron chi connectivity index (χ1n) is 11.3. The number of Topliss-reactive ketones (excluding diaryl/α,β-unsaturated/α-hetero) is 1. The molecule has 0 radical (unpaired) electrons. The number of hydrogen-bond acceptors (Lipinski definition) is 6. The van der Waals surface area contributed by atoms with Gasteiger partial charge in [-0.1, -0.05) is 49.4 Å². The average molecular weight is 472 g/mol. The fourth-order valence-corrected chi connectivity index (χ4v) is 4.07. The highest BCUT2D eigenvalue weighted by molar-refractivity contribution is 6.02. The van der Waals surface area contributed by atoms with Crippen molar-refractivity contribution in [2.24, 2.45) is 5.92 Å². The summed E-state index contributed by atoms with van der Waals surface area (Å²) in [5.74, 6) is -1.67. The Kier molecular flexibility index (Phi) is 7.01. The number of anilines is 1. The van der Waals surface area contributed by atoms with Gasteiger partial charge >= 0.3 is 5.97 Å². The highest BCUT2D eigenvalue weighted by Gasteiger charge is 2.37. The predicted molar refractivity (Wildman–Crippen MR) is 130 cm³/mol. The van der Waals surface area contributed by atoms with Gasteiger partial charge in [-0.3, -0.25) is 24.5 Å². The van der Waals surface area contributed by atoms with Crippen LogP contribution in [0.2, 0.25) is 0 Å². The van der Waals surface area contributed by atoms with Crippen LogP contribution in [0, 0.1) is 16.0 Å². The van der Waals surface area contributed by atoms with Crippen LogP contribution in [0.25, 0.3) is 11.1 Å². The van der Waals surface area contributed by atoms with E-state index in [4.69, 9.17) is 4.74 Å². The summed E-state index contributed by atoms with van der Waals surface area (Å²) in [6, 6.07) is 22.1. The van der Waals surface area contributed by atoms with Crippen LogP contribution in [-0.4, -0.2) is 35.2 Å². The Hall–Kier alpha value is -4.33. The van der Waals surface area contributed by atoms with Gasteiger partial charge in [0.1, 0.15) is 0 Å². The molecule has 8 heteroatoms. The number of non-ortho nitro benzene ring substituents is 1. The van der Waals surface area contributed by atoms with Crippen LogP contribution in [0.1, 0.15) is 30.1 Å². The molecule has 4 rings (SSSR count). The quantitative estimate of drug-likeness (QED) is 0.201. The Morgan fingerprint density at radius 1 is 1.00 bits per heavy atom. The van der Waals surface area contributed by atoms with Crippen LogP contribution < -0.4 is 4.90 Å². The summed E-state index contributed by atoms with van der Waals surface area (Å²) in [5, 5.41) is 10.8. The third-order valence-corrected chi connectivity index (χ3v) is 6.03. The number of ketones is 1. The van der Waals surface area contributed by atoms with Gasteiger partial charge in [0.2, 0.25) is 11.7 Å². The Balaban J connectivity index is 1.41. The molecular formula is C27H24N2O6. The van der Waals surface area contributed by atoms with Crippen LogP contribution in [0.4, 0.5) is 11.4 Å². The number of carbonyl (C=O) groups excluding carboxylic acids is 3. The molecule has 1 fully saturated rings. The maximum Gasteiger partial charge on any atom is 0.312 e. The monoisotopic (exact) mass is 472 g/mol. The van der Waals surface area contributed by atoms with Gasteiger partial charge in [-0.05, 0) is 41.8 Å². The smallest absolute Gasteiger partial charge is 0.312 e. The van der Waals surface area contributed by atoms with E-state index in [0.717, 1.165) is 11.1 Å². The van der Waals surface area contributed by atoms with E-state index in [1.54, 1.807) is 61.5 Å². The third-order valence-electron chi connectivity index (χ3n) is 6.03. The second kappa shape index (κ2) is 10.3. The zero-order valence-electron chi connectivity index (χ0n) is 19.1. The number of ether oxygens (including phenoxy) is 1. The van der Waals surface area contributed by atoms with Crippen LogP contribution in [0.3, 0.4) is 0 Å². The van der Waals surface area contributed by atoms with Crippen molar-refractivity contribution in [1.29, 1.82) is 0 Å². The first-order valence-corrected chi connectivity index (χ1v) is 11.3. The number of hydrogen-bond donors (Lipinski definition) is 0. The van der Waals surface area contributed by atoms with Crippen LogP contribution >= 0.6 is 0 Å². The summed E-state index contributed by atoms with van der Waals surface area (Å²) in [7, 11) is 0. The van der Waals surface area contributed by atoms with Gasteiger partial charge in [0, 0.05) is 36.3 Å². The van der Waals surface area contributed by atoms with Gasteiger partial charge in [0.05, 0.1) is 10.8 Å². The molecule has 1 saturated heterocycles. The third kappa shape index (κ3) is 5.27. The average Bonchev–Trinajstić information content (AvgIpc) is 3.29. The van der Waals surface area contributed by atoms with Crippen molar-refractivity contribution in [2.45, 2.75) is 25.9 Å². The van der Waals surface area contributed by atoms with E-state index in [1.165, 1.54) is 17.0 Å². The highest BCUT2D eigenvalue weighted by atomic mass is 16.6. The molecule has 1 heterocycles. The molecule has 35 heavy (non-hydrogen) atoms. The van der Waals surface area contributed by atoms with Crippen molar-refractivity contribution >= 4 is 29.0 Å². The molecule has 2 atom stereocenters. The van der Waals surface area contributed by atoms with E-state index in [2.05, 4.69) is 0 Å². The first-order chi connectivity index (χ1) is 16.9. The summed E-state index contributed by atoms with van der Waals surface area (Å²) in [6.45, 7) is 1.95. The molecule has 3 aromatic rings. The minimum Gasteiger partial charge on any atom is -0.454 e. The Bertz CT molecular complexity index is 1240. The second-order valence-corrected chi connectivity index (χ2v) is 8.32. The van der Waals surface area contributed by atoms with E-state index in [0.29, 0.717) is 17.7 Å². The Labute approximate surface area is 202 Å². The lowest BCUT2D eigenvalue weighted by atomic mass is 10.0. The SMILES string of the molecule is CC[C@@H](OC(=O)[C@@H]1CC(=O)N(c2ccc(-c3ccc([N+](=O)[O-])cc3)cc2)C1)C(=O)c1ccccc1. The summed E-state index contributed by atoms with van der Waals surface area (Å²) < 4.78 is 5.52. The summed E-state index contributed by atoms with van der Waals surface area (Å²) in [5.41, 5.74) is 2.79. The second-order valence-electron chi connectivity index (χ2n) is 8.32. The van der Waals surface area contributed by atoms with Gasteiger partial charge in [-0.2, -0.15) is 0 Å². The van der Waals surface area contributed by atoms with Gasteiger partial charge < -0.3 is 9.64 Å². The molecule has 0 aliphatic carbocycles. The molecule has 0 saturated carbocycles. The van der Waals surface area contributed by atoms with E-state index in [-0.39, 0.29) is 30.3 Å². The number of esters is 1. The minimum absolute atomic E-state index is 0.0128. The highest BCUT2D eigenvalue weighted by Crippen LogP contribution is 2.29. The summed E-state index contributed by atoms with van der Waals surface area (Å²) in [4.78, 5) is 50.0. The largest absolute Gasteiger partial charge is 0.454 e. The van der Waals surface area contributed by atoms with E-state index >= 15 is 0 Å². The molecular weight excluding hydrogens is 448 g/mol. The minimum atomic E-state index is -0.893. The number of benzene rings is 3. The zero-order valence-corrected chi connectivity index (χ0v) is 19.1. The maximum absolute atomic E-state index is 12.8. The summed E-state index contributed by atoms with van der Waals surface area (Å²) in [6.07, 6.45) is -0.539. The lowest BCUT2D eigenvalue weighted by Gasteiger charge is -2.19. The van der Waals surface area contributed by atoms with Crippen LogP contribution in [-0.2, 0) is 14.3 Å². The first kappa shape index (κ1) is 23.8. The van der Waals surface area contributed by atoms with Crippen molar-refractivity contribution in [3.05, 3.63) is 94.5 Å². The van der Waals surface area contributed by atoms with Crippen molar-refractivity contribution in [2.75, 3.05) is 11.4 Å². The van der Waals surface area contributed by atoms with Gasteiger partial charge in [0.25, 0.3) is 5.69 Å². The van der Waals surface area contributed by atoms with E-state index in [1.807, 2.05) is 12.1 Å². The molecule has 3 aromatic carbocycles. The lowest BCUT2D eigenvalue weighted by molar-refractivity contribution is -0.384. The van der Waals surface area contributed by atoms with Crippen molar-refractivity contribution < 1.29 is 24.0 Å². The molecule has 1 amide bonds. The standard InChI is InChI=1S/C27H24N2O6/c1-2-24(26(31)20-6-4-3-5-7-20)35-27(32)21-16-25(30)28(17-21)22-12-8-18(9-13-22)19-10-14-23(15-11-19)29(33)34/h3-15,21,24H,2,16-17H2,1H3/t21-,24-/m1/s1. The normalized spacial score (nSPS) is 16.1. The molecule has 0 spiro atoms. The number of carbonyl (C=O) groups is 3. The van der Waals surface area contributed by atoms with Crippen LogP contribution in [0.15, 0.2) is 78.9 Å². The predicted octanol–water partition coefficient (Wildman–Crippen LogP) is 4.82. The van der Waals surface area contributed by atoms with E-state index in [9.17, 15) is 24.5 Å². The van der Waals surface area contributed by atoms with Crippen LogP contribution in [0.5, 0.6) is 0 Å². The fourth-order valence-electron chi connectivity index (χ4n) is 4.07. The topological polar surface area (TPSA) is 107 Å². The number of nitrogens with zero attached hydrogens (tertiary/aromatic N) is 2. The van der Waals surface area contributed by atoms with Crippen molar-refractivity contribution in [1.82, 2.24) is 0 Å². The number of amides is 1. The van der Waals surface area contributed by atoms with Crippen molar-refractivity contribution in [3.63, 3.8) is 0 Å². The number of nitro groups is 1. The van der Waals surface area contributed by atoms with E-state index < -0.39 is 22.9 Å². The van der Waals surface area contributed by atoms with Crippen molar-refractivity contribution in [3.8, 4) is 11.1 Å². The maximum atomic E-state index is 12.8. The molecule has 1 aliphatic rings. The van der Waals surface area contributed by atoms with Gasteiger partial charge in [0.15, 0.2) is 6.10 Å². The lowest BCUT2D eigenvalue weighted by Crippen LogP contribution is -2.31. The molecule has 0 unspecified atom stereocenters.